The van der Waals surface area contributed by atoms with Gasteiger partial charge in [0.25, 0.3) is 0 Å². The first kappa shape index (κ1) is 16.3. The summed E-state index contributed by atoms with van der Waals surface area (Å²) in [5, 5.41) is 3.60. The Morgan fingerprint density at radius 3 is 3.00 bits per heavy atom. The van der Waals surface area contributed by atoms with Crippen molar-refractivity contribution in [2.75, 3.05) is 19.0 Å². The number of carbonyl (C=O) groups excluding carboxylic acids is 1. The molecule has 0 bridgehead atoms. The van der Waals surface area contributed by atoms with E-state index in [0.29, 0.717) is 17.9 Å². The van der Waals surface area contributed by atoms with Gasteiger partial charge in [-0.25, -0.2) is 4.79 Å². The van der Waals surface area contributed by atoms with Gasteiger partial charge in [-0.05, 0) is 43.2 Å². The van der Waals surface area contributed by atoms with Gasteiger partial charge in [0.05, 0.1) is 23.1 Å². The maximum atomic E-state index is 12.7. The van der Waals surface area contributed by atoms with Crippen LogP contribution in [-0.2, 0) is 14.9 Å². The van der Waals surface area contributed by atoms with E-state index in [0.717, 1.165) is 54.2 Å². The number of hydrogen-bond donors (Lipinski definition) is 1. The van der Waals surface area contributed by atoms with Gasteiger partial charge >= 0.3 is 5.97 Å². The van der Waals surface area contributed by atoms with Gasteiger partial charge in [-0.15, -0.1) is 0 Å². The number of ether oxygens (including phenoxy) is 1. The molecule has 3 aliphatic heterocycles. The molecule has 2 saturated heterocycles. The summed E-state index contributed by atoms with van der Waals surface area (Å²) in [5.41, 5.74) is 4.23. The van der Waals surface area contributed by atoms with Crippen LogP contribution in [0.15, 0.2) is 35.5 Å². The van der Waals surface area contributed by atoms with Gasteiger partial charge in [0.2, 0.25) is 0 Å². The molecule has 26 heavy (non-hydrogen) atoms. The Kier molecular flexibility index (Phi) is 3.48. The summed E-state index contributed by atoms with van der Waals surface area (Å²) in [6, 6.07) is 8.87. The fourth-order valence-corrected chi connectivity index (χ4v) is 6.53. The van der Waals surface area contributed by atoms with Crippen molar-refractivity contribution >= 4 is 28.9 Å². The molecule has 0 radical (unpaired) electrons. The maximum absolute atomic E-state index is 12.7. The highest BCUT2D eigenvalue weighted by molar-refractivity contribution is 7.80. The second-order valence-electron chi connectivity index (χ2n) is 8.02. The third kappa shape index (κ3) is 1.85. The number of para-hydroxylation sites is 1. The summed E-state index contributed by atoms with van der Waals surface area (Å²) < 4.78 is 5.18. The van der Waals surface area contributed by atoms with Crippen molar-refractivity contribution in [3.05, 3.63) is 41.1 Å². The number of carbonyl (C=O) groups is 1. The summed E-state index contributed by atoms with van der Waals surface area (Å²) in [7, 11) is 1.49. The van der Waals surface area contributed by atoms with Crippen LogP contribution in [0.3, 0.4) is 0 Å². The van der Waals surface area contributed by atoms with E-state index in [-0.39, 0.29) is 11.4 Å². The number of anilines is 1. The van der Waals surface area contributed by atoms with Crippen LogP contribution in [-0.4, -0.2) is 35.6 Å². The molecule has 4 atom stereocenters. The summed E-state index contributed by atoms with van der Waals surface area (Å²) in [6.07, 6.45) is 3.94. The summed E-state index contributed by atoms with van der Waals surface area (Å²) in [5.74, 6) is 0.712. The summed E-state index contributed by atoms with van der Waals surface area (Å²) in [4.78, 5) is 16.3. The number of thiocarbonyl (C=S) groups is 1. The minimum absolute atomic E-state index is 0.147. The van der Waals surface area contributed by atoms with Gasteiger partial charge in [0.1, 0.15) is 0 Å². The van der Waals surface area contributed by atoms with Crippen LogP contribution in [0.4, 0.5) is 5.69 Å². The van der Waals surface area contributed by atoms with Crippen LogP contribution in [0.25, 0.3) is 0 Å². The van der Waals surface area contributed by atoms with Gasteiger partial charge in [-0.1, -0.05) is 37.3 Å². The predicted octanol–water partition coefficient (Wildman–Crippen LogP) is 3.63. The molecule has 1 spiro atoms. The molecule has 0 aromatic heterocycles. The summed E-state index contributed by atoms with van der Waals surface area (Å²) >= 11 is 5.90. The largest absolute Gasteiger partial charge is 0.466 e. The Morgan fingerprint density at radius 1 is 1.42 bits per heavy atom. The van der Waals surface area contributed by atoms with E-state index in [4.69, 9.17) is 17.0 Å². The number of benzene rings is 1. The van der Waals surface area contributed by atoms with Crippen LogP contribution in [0, 0.1) is 11.8 Å². The van der Waals surface area contributed by atoms with Crippen molar-refractivity contribution in [1.82, 2.24) is 4.90 Å². The number of nitrogens with zero attached hydrogens (tertiary/aromatic N) is 1. The number of piperidine rings is 1. The van der Waals surface area contributed by atoms with Crippen LogP contribution in [0.5, 0.6) is 0 Å². The van der Waals surface area contributed by atoms with Crippen molar-refractivity contribution in [2.24, 2.45) is 11.8 Å². The molecule has 0 saturated carbocycles. The number of methoxy groups -OCH3 is 1. The van der Waals surface area contributed by atoms with Gasteiger partial charge < -0.3 is 15.0 Å². The minimum Gasteiger partial charge on any atom is -0.466 e. The molecule has 3 heterocycles. The van der Waals surface area contributed by atoms with Crippen LogP contribution in [0.2, 0.25) is 0 Å². The van der Waals surface area contributed by atoms with Crippen LogP contribution in [0.1, 0.15) is 38.2 Å². The van der Waals surface area contributed by atoms with Gasteiger partial charge in [-0.3, -0.25) is 0 Å². The van der Waals surface area contributed by atoms with Gasteiger partial charge in [0, 0.05) is 29.9 Å². The zero-order valence-electron chi connectivity index (χ0n) is 15.2. The second-order valence-corrected chi connectivity index (χ2v) is 8.44. The van der Waals surface area contributed by atoms with Crippen molar-refractivity contribution < 1.29 is 9.53 Å². The molecular formula is C21H24N2O2S. The molecule has 5 heteroatoms. The Balaban J connectivity index is 1.74. The number of fused-ring (bicyclic) bond motifs is 1. The van der Waals surface area contributed by atoms with Gasteiger partial charge in [0.15, 0.2) is 0 Å². The second kappa shape index (κ2) is 5.56. The van der Waals surface area contributed by atoms with E-state index >= 15 is 0 Å². The lowest BCUT2D eigenvalue weighted by Gasteiger charge is -2.51. The molecule has 2 fully saturated rings. The predicted molar refractivity (Wildman–Crippen MR) is 105 cm³/mol. The topological polar surface area (TPSA) is 41.6 Å². The number of esters is 1. The van der Waals surface area contributed by atoms with Crippen LogP contribution < -0.4 is 5.32 Å². The highest BCUT2D eigenvalue weighted by atomic mass is 32.1. The average Bonchev–Trinajstić information content (AvgIpc) is 3.23. The first-order chi connectivity index (χ1) is 12.6. The lowest BCUT2D eigenvalue weighted by Crippen LogP contribution is -2.57. The van der Waals surface area contributed by atoms with E-state index in [9.17, 15) is 4.79 Å². The van der Waals surface area contributed by atoms with E-state index in [1.807, 2.05) is 0 Å². The Morgan fingerprint density at radius 2 is 2.23 bits per heavy atom. The van der Waals surface area contributed by atoms with Gasteiger partial charge in [-0.2, -0.15) is 0 Å². The molecular weight excluding hydrogens is 344 g/mol. The third-order valence-corrected chi connectivity index (χ3v) is 7.63. The molecule has 1 aromatic rings. The number of hydrogen-bond acceptors (Lipinski definition) is 4. The SMILES string of the molecule is CC[C@@H]1C[C@H]2CC(C(=O)OC)=C3Nc4ccccc4[C@@]34CCN(C1=S)[C@@H]24. The molecule has 1 aliphatic carbocycles. The molecule has 0 amide bonds. The van der Waals surface area contributed by atoms with Crippen molar-refractivity contribution in [1.29, 1.82) is 0 Å². The molecule has 0 unspecified atom stereocenters. The van der Waals surface area contributed by atoms with E-state index in [2.05, 4.69) is 41.4 Å². The molecule has 1 aromatic carbocycles. The standard InChI is InChI=1S/C21H24N2O2S/c1-3-12-10-13-11-14(20(24)25-2)17-21(8-9-23(18(13)21)19(12)26)15-6-4-5-7-16(15)22-17/h4-7,12-13,18,22H,3,8-11H2,1-2H3/t12-,13+,18+,21+/m1/s1. The quantitative estimate of drug-likeness (QED) is 0.638. The fourth-order valence-electron chi connectivity index (χ4n) is 6.07. The normalized spacial score (nSPS) is 34.2. The highest BCUT2D eigenvalue weighted by Crippen LogP contribution is 2.61. The smallest absolute Gasteiger partial charge is 0.335 e. The van der Waals surface area contributed by atoms with E-state index in [1.54, 1.807) is 0 Å². The lowest BCUT2D eigenvalue weighted by atomic mass is 9.60. The van der Waals surface area contributed by atoms with E-state index in [1.165, 1.54) is 12.7 Å². The maximum Gasteiger partial charge on any atom is 0.335 e. The lowest BCUT2D eigenvalue weighted by molar-refractivity contribution is -0.136. The zero-order valence-corrected chi connectivity index (χ0v) is 16.1. The first-order valence-corrected chi connectivity index (χ1v) is 10.0. The summed E-state index contributed by atoms with van der Waals surface area (Å²) in [6.45, 7) is 3.20. The fraction of sp³-hybridized carbons (Fsp3) is 0.524. The average molecular weight is 369 g/mol. The molecule has 5 rings (SSSR count). The molecule has 136 valence electrons. The van der Waals surface area contributed by atoms with E-state index < -0.39 is 0 Å². The number of rotatable bonds is 2. The first-order valence-electron chi connectivity index (χ1n) is 9.60. The van der Waals surface area contributed by atoms with Crippen LogP contribution >= 0.6 is 12.2 Å². The molecule has 4 nitrogen and oxygen atoms in total. The highest BCUT2D eigenvalue weighted by Gasteiger charge is 2.63. The van der Waals surface area contributed by atoms with Crippen molar-refractivity contribution in [2.45, 2.75) is 44.1 Å². The minimum atomic E-state index is -0.183. The third-order valence-electron chi connectivity index (χ3n) is 7.06. The van der Waals surface area contributed by atoms with Crippen molar-refractivity contribution in [3.63, 3.8) is 0 Å². The molecule has 4 aliphatic rings. The Hall–Kier alpha value is -1.88. The number of nitrogens with one attached hydrogen (secondary N) is 1. The van der Waals surface area contributed by atoms with Crippen molar-refractivity contribution in [3.8, 4) is 0 Å². The molecule has 1 N–H and O–H groups in total. The Labute approximate surface area is 159 Å². The Bertz CT molecular complexity index is 848. The zero-order chi connectivity index (χ0) is 18.1. The monoisotopic (exact) mass is 368 g/mol.